The second kappa shape index (κ2) is 6.75. The van der Waals surface area contributed by atoms with Gasteiger partial charge in [-0.1, -0.05) is 6.42 Å². The van der Waals surface area contributed by atoms with Crippen molar-refractivity contribution >= 4 is 22.4 Å². The number of fused-ring (bicyclic) bond motifs is 1. The van der Waals surface area contributed by atoms with E-state index < -0.39 is 0 Å². The number of rotatable bonds is 5. The first kappa shape index (κ1) is 14.1. The summed E-state index contributed by atoms with van der Waals surface area (Å²) in [6, 6.07) is 0. The summed E-state index contributed by atoms with van der Waals surface area (Å²) in [5.41, 5.74) is 1.18. The zero-order chi connectivity index (χ0) is 14.5. The Morgan fingerprint density at radius 3 is 3.10 bits per heavy atom. The summed E-state index contributed by atoms with van der Waals surface area (Å²) in [6.07, 6.45) is 8.57. The lowest BCUT2D eigenvalue weighted by atomic mass is 10.2. The molecule has 1 aliphatic rings. The molecule has 0 saturated carbocycles. The molecule has 1 N–H and O–H groups in total. The number of amides is 1. The number of carbonyl (C=O) groups is 1. The molecular weight excluding hydrogens is 288 g/mol. The third kappa shape index (κ3) is 3.84. The summed E-state index contributed by atoms with van der Waals surface area (Å²) in [5.74, 6) is 0.00647. The molecule has 8 heteroatoms. The van der Waals surface area contributed by atoms with E-state index in [4.69, 9.17) is 0 Å². The molecule has 112 valence electrons. The van der Waals surface area contributed by atoms with Crippen molar-refractivity contribution in [2.75, 3.05) is 5.32 Å². The third-order valence-electron chi connectivity index (χ3n) is 3.52. The standard InChI is InChI=1S/C13H18N6OS/c20-12(7-4-8-19-9-14-17-18-19)16-13-15-10-5-2-1-3-6-11(10)21-13/h9H,1-8H2,(H,15,16,20). The summed E-state index contributed by atoms with van der Waals surface area (Å²) in [7, 11) is 0. The van der Waals surface area contributed by atoms with Gasteiger partial charge >= 0.3 is 0 Å². The summed E-state index contributed by atoms with van der Waals surface area (Å²) < 4.78 is 1.62. The zero-order valence-electron chi connectivity index (χ0n) is 11.8. The van der Waals surface area contributed by atoms with Gasteiger partial charge in [-0.2, -0.15) is 0 Å². The van der Waals surface area contributed by atoms with E-state index in [1.807, 2.05) is 0 Å². The Morgan fingerprint density at radius 1 is 1.33 bits per heavy atom. The molecule has 2 heterocycles. The van der Waals surface area contributed by atoms with Crippen LogP contribution in [0.5, 0.6) is 0 Å². The summed E-state index contributed by atoms with van der Waals surface area (Å²) in [4.78, 5) is 17.8. The van der Waals surface area contributed by atoms with E-state index in [1.54, 1.807) is 22.3 Å². The average Bonchev–Trinajstić information content (AvgIpc) is 3.05. The van der Waals surface area contributed by atoms with Gasteiger partial charge in [0, 0.05) is 17.8 Å². The fourth-order valence-corrected chi connectivity index (χ4v) is 3.51. The lowest BCUT2D eigenvalue weighted by molar-refractivity contribution is -0.116. The first-order valence-electron chi connectivity index (χ1n) is 7.30. The molecular formula is C13H18N6OS. The Morgan fingerprint density at radius 2 is 2.24 bits per heavy atom. The number of carbonyl (C=O) groups excluding carboxylic acids is 1. The van der Waals surface area contributed by atoms with Crippen LogP contribution in [0, 0.1) is 0 Å². The van der Waals surface area contributed by atoms with Gasteiger partial charge in [0.2, 0.25) is 5.91 Å². The number of anilines is 1. The van der Waals surface area contributed by atoms with Crippen molar-refractivity contribution in [3.8, 4) is 0 Å². The van der Waals surface area contributed by atoms with Crippen LogP contribution in [0.3, 0.4) is 0 Å². The molecule has 0 bridgehead atoms. The number of aromatic nitrogens is 5. The molecule has 1 aliphatic carbocycles. The quantitative estimate of drug-likeness (QED) is 0.852. The number of thiazole rings is 1. The van der Waals surface area contributed by atoms with Gasteiger partial charge in [0.25, 0.3) is 0 Å². The highest BCUT2D eigenvalue weighted by molar-refractivity contribution is 7.15. The SMILES string of the molecule is O=C(CCCn1cnnn1)Nc1nc2c(s1)CCCCC2. The molecule has 0 radical (unpaired) electrons. The summed E-state index contributed by atoms with van der Waals surface area (Å²) >= 11 is 1.63. The molecule has 0 fully saturated rings. The molecule has 0 spiro atoms. The molecule has 0 unspecified atom stereocenters. The van der Waals surface area contributed by atoms with Gasteiger partial charge in [-0.3, -0.25) is 4.79 Å². The first-order chi connectivity index (χ1) is 10.3. The van der Waals surface area contributed by atoms with Crippen molar-refractivity contribution in [2.24, 2.45) is 0 Å². The molecule has 7 nitrogen and oxygen atoms in total. The van der Waals surface area contributed by atoms with Crippen LogP contribution in [0.15, 0.2) is 6.33 Å². The van der Waals surface area contributed by atoms with Crippen molar-refractivity contribution < 1.29 is 4.79 Å². The van der Waals surface area contributed by atoms with E-state index >= 15 is 0 Å². The summed E-state index contributed by atoms with van der Waals surface area (Å²) in [5, 5.41) is 14.5. The second-order valence-corrected chi connectivity index (χ2v) is 6.26. The maximum absolute atomic E-state index is 11.9. The van der Waals surface area contributed by atoms with Crippen molar-refractivity contribution in [3.05, 3.63) is 16.9 Å². The molecule has 2 aromatic heterocycles. The average molecular weight is 306 g/mol. The fraction of sp³-hybridized carbons (Fsp3) is 0.615. The minimum absolute atomic E-state index is 0.00647. The van der Waals surface area contributed by atoms with Crippen LogP contribution >= 0.6 is 11.3 Å². The molecule has 0 atom stereocenters. The van der Waals surface area contributed by atoms with Crippen LogP contribution < -0.4 is 5.32 Å². The lowest BCUT2D eigenvalue weighted by Crippen LogP contribution is -2.12. The zero-order valence-corrected chi connectivity index (χ0v) is 12.6. The number of hydrogen-bond acceptors (Lipinski definition) is 6. The highest BCUT2D eigenvalue weighted by Gasteiger charge is 2.15. The van der Waals surface area contributed by atoms with Crippen LogP contribution in [0.2, 0.25) is 0 Å². The number of nitrogens with zero attached hydrogens (tertiary/aromatic N) is 5. The second-order valence-electron chi connectivity index (χ2n) is 5.17. The monoisotopic (exact) mass is 306 g/mol. The predicted octanol–water partition coefficient (Wildman–Crippen LogP) is 1.82. The van der Waals surface area contributed by atoms with E-state index in [1.165, 1.54) is 29.8 Å². The molecule has 2 aromatic rings. The van der Waals surface area contributed by atoms with Crippen LogP contribution in [0.25, 0.3) is 0 Å². The van der Waals surface area contributed by atoms with Gasteiger partial charge in [0.05, 0.1) is 5.69 Å². The maximum atomic E-state index is 11.9. The van der Waals surface area contributed by atoms with Gasteiger partial charge < -0.3 is 5.32 Å². The van der Waals surface area contributed by atoms with Crippen molar-refractivity contribution in [1.82, 2.24) is 25.2 Å². The third-order valence-corrected chi connectivity index (χ3v) is 4.60. The Hall–Kier alpha value is -1.83. The first-order valence-corrected chi connectivity index (χ1v) is 8.12. The van der Waals surface area contributed by atoms with Crippen molar-refractivity contribution in [2.45, 2.75) is 51.5 Å². The Bertz CT molecular complexity index is 570. The smallest absolute Gasteiger partial charge is 0.226 e. The highest BCUT2D eigenvalue weighted by Crippen LogP contribution is 2.28. The van der Waals surface area contributed by atoms with Crippen molar-refractivity contribution in [3.63, 3.8) is 0 Å². The van der Waals surface area contributed by atoms with E-state index in [9.17, 15) is 4.79 Å². The topological polar surface area (TPSA) is 85.6 Å². The molecule has 3 rings (SSSR count). The maximum Gasteiger partial charge on any atom is 0.226 e. The lowest BCUT2D eigenvalue weighted by Gasteiger charge is -2.01. The highest BCUT2D eigenvalue weighted by atomic mass is 32.1. The molecule has 1 amide bonds. The van der Waals surface area contributed by atoms with Gasteiger partial charge in [-0.25, -0.2) is 9.67 Å². The van der Waals surface area contributed by atoms with Crippen molar-refractivity contribution in [1.29, 1.82) is 0 Å². The fourth-order valence-electron chi connectivity index (χ4n) is 2.45. The number of tetrazole rings is 1. The Kier molecular flexibility index (Phi) is 4.54. The number of hydrogen-bond donors (Lipinski definition) is 1. The molecule has 0 aliphatic heterocycles. The van der Waals surface area contributed by atoms with Crippen LogP contribution in [0.4, 0.5) is 5.13 Å². The predicted molar refractivity (Wildman–Crippen MR) is 79.1 cm³/mol. The molecule has 21 heavy (non-hydrogen) atoms. The van der Waals surface area contributed by atoms with Gasteiger partial charge in [-0.05, 0) is 42.5 Å². The van der Waals surface area contributed by atoms with Crippen LogP contribution in [-0.4, -0.2) is 31.1 Å². The minimum atomic E-state index is 0.00647. The summed E-state index contributed by atoms with van der Waals surface area (Å²) in [6.45, 7) is 0.648. The van der Waals surface area contributed by atoms with E-state index in [0.717, 1.165) is 18.0 Å². The number of nitrogens with one attached hydrogen (secondary N) is 1. The normalized spacial score (nSPS) is 14.5. The molecule has 0 saturated heterocycles. The van der Waals surface area contributed by atoms with E-state index in [2.05, 4.69) is 25.8 Å². The molecule has 0 aromatic carbocycles. The van der Waals surface area contributed by atoms with Crippen LogP contribution in [0.1, 0.15) is 42.7 Å². The van der Waals surface area contributed by atoms with Crippen LogP contribution in [-0.2, 0) is 24.2 Å². The van der Waals surface area contributed by atoms with Gasteiger partial charge in [0.15, 0.2) is 5.13 Å². The Balaban J connectivity index is 1.48. The minimum Gasteiger partial charge on any atom is -0.302 e. The van der Waals surface area contributed by atoms with E-state index in [0.29, 0.717) is 19.4 Å². The van der Waals surface area contributed by atoms with Gasteiger partial charge in [0.1, 0.15) is 6.33 Å². The van der Waals surface area contributed by atoms with Gasteiger partial charge in [-0.15, -0.1) is 16.4 Å². The van der Waals surface area contributed by atoms with E-state index in [-0.39, 0.29) is 5.91 Å². The number of aryl methyl sites for hydroxylation is 3. The Labute approximate surface area is 126 Å². The largest absolute Gasteiger partial charge is 0.302 e.